The molecule has 0 aliphatic heterocycles. The lowest BCUT2D eigenvalue weighted by atomic mass is 10.0. The van der Waals surface area contributed by atoms with Crippen molar-refractivity contribution in [1.82, 2.24) is 5.32 Å². The van der Waals surface area contributed by atoms with Crippen LogP contribution in [0.1, 0.15) is 30.9 Å². The number of hydrogen-bond acceptors (Lipinski definition) is 1. The molecule has 0 aromatic heterocycles. The predicted octanol–water partition coefficient (Wildman–Crippen LogP) is 4.79. The highest BCUT2D eigenvalue weighted by Crippen LogP contribution is 2.23. The largest absolute Gasteiger partial charge is 0.334 e. The molecule has 0 aliphatic rings. The Morgan fingerprint density at radius 2 is 1.90 bits per heavy atom. The number of hydrogen-bond donors (Lipinski definition) is 2. The van der Waals surface area contributed by atoms with Crippen LogP contribution in [0.15, 0.2) is 48.5 Å². The van der Waals surface area contributed by atoms with Crippen LogP contribution >= 0.6 is 11.6 Å². The zero-order chi connectivity index (χ0) is 15.2. The minimum absolute atomic E-state index is 0.219. The van der Waals surface area contributed by atoms with Crippen LogP contribution in [-0.4, -0.2) is 6.03 Å². The fraction of sp³-hybridized carbons (Fsp3) is 0.235. The summed E-state index contributed by atoms with van der Waals surface area (Å²) in [5.74, 6) is 0.356. The molecule has 0 aliphatic carbocycles. The molecule has 0 atom stereocenters. The van der Waals surface area contributed by atoms with Crippen LogP contribution in [0.25, 0.3) is 0 Å². The van der Waals surface area contributed by atoms with Crippen LogP contribution in [0, 0.1) is 0 Å². The second-order valence-corrected chi connectivity index (χ2v) is 5.62. The zero-order valence-electron chi connectivity index (χ0n) is 12.2. The average Bonchev–Trinajstić information content (AvgIpc) is 2.45. The zero-order valence-corrected chi connectivity index (χ0v) is 12.9. The topological polar surface area (TPSA) is 41.1 Å². The van der Waals surface area contributed by atoms with Crippen molar-refractivity contribution in [3.63, 3.8) is 0 Å². The van der Waals surface area contributed by atoms with Gasteiger partial charge in [-0.05, 0) is 35.2 Å². The number of amides is 2. The number of urea groups is 1. The fourth-order valence-electron chi connectivity index (χ4n) is 2.11. The maximum absolute atomic E-state index is 12.0. The van der Waals surface area contributed by atoms with Gasteiger partial charge in [-0.2, -0.15) is 0 Å². The lowest BCUT2D eigenvalue weighted by Crippen LogP contribution is -2.28. The Morgan fingerprint density at radius 1 is 1.14 bits per heavy atom. The van der Waals surface area contributed by atoms with E-state index < -0.39 is 0 Å². The van der Waals surface area contributed by atoms with Crippen molar-refractivity contribution in [2.75, 3.05) is 5.32 Å². The van der Waals surface area contributed by atoms with Crippen LogP contribution in [0.5, 0.6) is 0 Å². The highest BCUT2D eigenvalue weighted by Gasteiger charge is 2.08. The molecule has 2 rings (SSSR count). The molecule has 110 valence electrons. The first-order chi connectivity index (χ1) is 10.1. The van der Waals surface area contributed by atoms with Crippen molar-refractivity contribution in [2.45, 2.75) is 26.3 Å². The van der Waals surface area contributed by atoms with Gasteiger partial charge in [0.05, 0.1) is 0 Å². The van der Waals surface area contributed by atoms with Crippen molar-refractivity contribution in [3.8, 4) is 0 Å². The van der Waals surface area contributed by atoms with Gasteiger partial charge in [-0.25, -0.2) is 4.79 Å². The average molecular weight is 303 g/mol. The smallest absolute Gasteiger partial charge is 0.319 e. The fourth-order valence-corrected chi connectivity index (χ4v) is 2.32. The second-order valence-electron chi connectivity index (χ2n) is 5.18. The molecule has 4 heteroatoms. The molecule has 3 nitrogen and oxygen atoms in total. The lowest BCUT2D eigenvalue weighted by molar-refractivity contribution is 0.251. The number of carbonyl (C=O) groups excluding carboxylic acids is 1. The first-order valence-electron chi connectivity index (χ1n) is 6.94. The van der Waals surface area contributed by atoms with Gasteiger partial charge in [-0.1, -0.05) is 55.8 Å². The number of carbonyl (C=O) groups is 1. The van der Waals surface area contributed by atoms with Gasteiger partial charge in [0.25, 0.3) is 0 Å². The summed E-state index contributed by atoms with van der Waals surface area (Å²) in [6.45, 7) is 4.64. The monoisotopic (exact) mass is 302 g/mol. The van der Waals surface area contributed by atoms with Gasteiger partial charge in [0, 0.05) is 17.3 Å². The Bertz CT molecular complexity index is 626. The summed E-state index contributed by atoms with van der Waals surface area (Å²) in [5, 5.41) is 6.39. The molecule has 0 heterocycles. The molecule has 2 N–H and O–H groups in total. The van der Waals surface area contributed by atoms with Crippen molar-refractivity contribution >= 4 is 23.3 Å². The Hall–Kier alpha value is -2.00. The van der Waals surface area contributed by atoms with Crippen LogP contribution in [0.4, 0.5) is 10.5 Å². The molecule has 0 radical (unpaired) electrons. The Labute approximate surface area is 130 Å². The third-order valence-electron chi connectivity index (χ3n) is 3.17. The SMILES string of the molecule is CC(C)c1ccccc1NC(=O)NCc1cccc(Cl)c1. The van der Waals surface area contributed by atoms with E-state index in [4.69, 9.17) is 11.6 Å². The molecule has 0 saturated carbocycles. The van der Waals surface area contributed by atoms with Gasteiger partial charge in [-0.3, -0.25) is 0 Å². The first-order valence-corrected chi connectivity index (χ1v) is 7.32. The summed E-state index contributed by atoms with van der Waals surface area (Å²) in [5.41, 5.74) is 2.93. The van der Waals surface area contributed by atoms with Gasteiger partial charge in [0.2, 0.25) is 0 Å². The Balaban J connectivity index is 1.96. The maximum Gasteiger partial charge on any atom is 0.319 e. The number of nitrogens with one attached hydrogen (secondary N) is 2. The standard InChI is InChI=1S/C17H19ClN2O/c1-12(2)15-8-3-4-9-16(15)20-17(21)19-11-13-6-5-7-14(18)10-13/h3-10,12H,11H2,1-2H3,(H2,19,20,21). The van der Waals surface area contributed by atoms with Crippen LogP contribution in [0.3, 0.4) is 0 Å². The quantitative estimate of drug-likeness (QED) is 0.838. The minimum Gasteiger partial charge on any atom is -0.334 e. The summed E-state index contributed by atoms with van der Waals surface area (Å²) in [7, 11) is 0. The number of benzene rings is 2. The van der Waals surface area contributed by atoms with Crippen molar-refractivity contribution < 1.29 is 4.79 Å². The highest BCUT2D eigenvalue weighted by molar-refractivity contribution is 6.30. The Morgan fingerprint density at radius 3 is 2.62 bits per heavy atom. The normalized spacial score (nSPS) is 10.5. The summed E-state index contributed by atoms with van der Waals surface area (Å²) >= 11 is 5.92. The highest BCUT2D eigenvalue weighted by atomic mass is 35.5. The molecule has 0 spiro atoms. The third-order valence-corrected chi connectivity index (χ3v) is 3.41. The molecule has 0 unspecified atom stereocenters. The van der Waals surface area contributed by atoms with E-state index in [9.17, 15) is 4.79 Å². The van der Waals surface area contributed by atoms with E-state index in [0.717, 1.165) is 16.8 Å². The van der Waals surface area contributed by atoms with E-state index in [-0.39, 0.29) is 6.03 Å². The number of para-hydroxylation sites is 1. The van der Waals surface area contributed by atoms with Crippen molar-refractivity contribution in [3.05, 3.63) is 64.7 Å². The molecule has 2 aromatic rings. The molecule has 0 saturated heterocycles. The van der Waals surface area contributed by atoms with E-state index in [1.54, 1.807) is 0 Å². The summed E-state index contributed by atoms with van der Waals surface area (Å²) in [4.78, 5) is 12.0. The van der Waals surface area contributed by atoms with E-state index in [0.29, 0.717) is 17.5 Å². The molecule has 2 amide bonds. The van der Waals surface area contributed by atoms with Crippen molar-refractivity contribution in [2.24, 2.45) is 0 Å². The molecule has 2 aromatic carbocycles. The van der Waals surface area contributed by atoms with Gasteiger partial charge in [-0.15, -0.1) is 0 Å². The summed E-state index contributed by atoms with van der Waals surface area (Å²) < 4.78 is 0. The van der Waals surface area contributed by atoms with E-state index in [1.807, 2.05) is 48.5 Å². The number of halogens is 1. The van der Waals surface area contributed by atoms with Gasteiger partial charge in [0.15, 0.2) is 0 Å². The maximum atomic E-state index is 12.0. The van der Waals surface area contributed by atoms with Gasteiger partial charge >= 0.3 is 6.03 Å². The van der Waals surface area contributed by atoms with E-state index >= 15 is 0 Å². The molecular weight excluding hydrogens is 284 g/mol. The van der Waals surface area contributed by atoms with Gasteiger partial charge in [0.1, 0.15) is 0 Å². The third kappa shape index (κ3) is 4.50. The van der Waals surface area contributed by atoms with Crippen molar-refractivity contribution in [1.29, 1.82) is 0 Å². The van der Waals surface area contributed by atoms with Crippen LogP contribution in [-0.2, 0) is 6.54 Å². The summed E-state index contributed by atoms with van der Waals surface area (Å²) in [6.07, 6.45) is 0. The van der Waals surface area contributed by atoms with E-state index in [1.165, 1.54) is 0 Å². The summed E-state index contributed by atoms with van der Waals surface area (Å²) in [6, 6.07) is 15.0. The van der Waals surface area contributed by atoms with Crippen LogP contribution in [0.2, 0.25) is 5.02 Å². The molecule has 0 fully saturated rings. The van der Waals surface area contributed by atoms with Crippen LogP contribution < -0.4 is 10.6 Å². The lowest BCUT2D eigenvalue weighted by Gasteiger charge is -2.14. The second kappa shape index (κ2) is 7.14. The first kappa shape index (κ1) is 15.4. The molecular formula is C17H19ClN2O. The molecule has 21 heavy (non-hydrogen) atoms. The number of rotatable bonds is 4. The Kier molecular flexibility index (Phi) is 5.23. The van der Waals surface area contributed by atoms with Gasteiger partial charge < -0.3 is 10.6 Å². The van der Waals surface area contributed by atoms with E-state index in [2.05, 4.69) is 24.5 Å². The molecule has 0 bridgehead atoms. The predicted molar refractivity (Wildman–Crippen MR) is 87.8 cm³/mol. The number of anilines is 1. The minimum atomic E-state index is -0.219.